The van der Waals surface area contributed by atoms with E-state index in [4.69, 9.17) is 10.2 Å². The van der Waals surface area contributed by atoms with Crippen LogP contribution in [0, 0.1) is 11.8 Å². The quantitative estimate of drug-likeness (QED) is 0.555. The number of rotatable bonds is 3. The van der Waals surface area contributed by atoms with Crippen molar-refractivity contribution < 1.29 is 15.0 Å². The predicted octanol–water partition coefficient (Wildman–Crippen LogP) is 0.237. The van der Waals surface area contributed by atoms with E-state index in [1.807, 2.05) is 0 Å². The molecule has 2 N–H and O–H groups in total. The molecule has 0 spiro atoms. The molecule has 0 unspecified atom stereocenters. The van der Waals surface area contributed by atoms with Crippen LogP contribution in [0.4, 0.5) is 0 Å². The highest BCUT2D eigenvalue weighted by Crippen LogP contribution is 1.85. The molecule has 0 aliphatic rings. The highest BCUT2D eigenvalue weighted by molar-refractivity contribution is 5.66. The Balaban J connectivity index is 3.20. The third kappa shape index (κ3) is 6.99. The summed E-state index contributed by atoms with van der Waals surface area (Å²) in [6.45, 7) is 0.0417. The molecule has 0 aromatic carbocycles. The molecule has 0 aromatic heterocycles. The van der Waals surface area contributed by atoms with E-state index >= 15 is 0 Å². The minimum absolute atomic E-state index is 0.0417. The smallest absolute Gasteiger partial charge is 0.304 e. The molecule has 0 heterocycles. The van der Waals surface area contributed by atoms with Gasteiger partial charge in [-0.1, -0.05) is 0 Å². The normalized spacial score (nSPS) is 8.10. The predicted molar refractivity (Wildman–Crippen MR) is 36.3 cm³/mol. The van der Waals surface area contributed by atoms with E-state index in [1.165, 1.54) is 0 Å². The molecule has 0 saturated carbocycles. The van der Waals surface area contributed by atoms with Crippen molar-refractivity contribution in [1.29, 1.82) is 0 Å². The van der Waals surface area contributed by atoms with Crippen LogP contribution < -0.4 is 0 Å². The van der Waals surface area contributed by atoms with Crippen LogP contribution in [0.15, 0.2) is 0 Å². The lowest BCUT2D eigenvalue weighted by Gasteiger charge is -1.82. The van der Waals surface area contributed by atoms with Crippen molar-refractivity contribution in [3.63, 3.8) is 0 Å². The minimum Gasteiger partial charge on any atom is -0.481 e. The maximum atomic E-state index is 9.91. The molecule has 0 aliphatic heterocycles. The Labute approximate surface area is 59.7 Å². The molecule has 0 radical (unpaired) electrons. The summed E-state index contributed by atoms with van der Waals surface area (Å²) >= 11 is 0. The Morgan fingerprint density at radius 2 is 1.90 bits per heavy atom. The highest BCUT2D eigenvalue weighted by atomic mass is 16.4. The van der Waals surface area contributed by atoms with Crippen molar-refractivity contribution in [2.45, 2.75) is 19.3 Å². The van der Waals surface area contributed by atoms with Gasteiger partial charge < -0.3 is 10.2 Å². The van der Waals surface area contributed by atoms with Crippen molar-refractivity contribution in [3.8, 4) is 11.8 Å². The van der Waals surface area contributed by atoms with Crippen molar-refractivity contribution >= 4 is 5.97 Å². The van der Waals surface area contributed by atoms with Crippen LogP contribution in [0.2, 0.25) is 0 Å². The summed E-state index contributed by atoms with van der Waals surface area (Å²) < 4.78 is 0. The second-order valence-corrected chi connectivity index (χ2v) is 1.72. The molecule has 0 amide bonds. The number of hydrogen-bond donors (Lipinski definition) is 2. The number of carbonyl (C=O) groups is 1. The first-order valence-corrected chi connectivity index (χ1v) is 3.05. The van der Waals surface area contributed by atoms with Gasteiger partial charge in [-0.2, -0.15) is 0 Å². The molecule has 0 bridgehead atoms. The van der Waals surface area contributed by atoms with Gasteiger partial charge in [0, 0.05) is 12.8 Å². The van der Waals surface area contributed by atoms with Crippen LogP contribution in [0.5, 0.6) is 0 Å². The van der Waals surface area contributed by atoms with Crippen molar-refractivity contribution in [3.05, 3.63) is 0 Å². The molecule has 0 atom stereocenters. The average Bonchev–Trinajstić information content (AvgIpc) is 1.87. The summed E-state index contributed by atoms with van der Waals surface area (Å²) in [5, 5.41) is 16.4. The van der Waals surface area contributed by atoms with E-state index in [-0.39, 0.29) is 13.0 Å². The van der Waals surface area contributed by atoms with Gasteiger partial charge in [0.05, 0.1) is 13.0 Å². The van der Waals surface area contributed by atoms with Gasteiger partial charge in [0.25, 0.3) is 0 Å². The molecule has 0 saturated heterocycles. The zero-order valence-corrected chi connectivity index (χ0v) is 5.63. The molecule has 0 rings (SSSR count). The zero-order valence-electron chi connectivity index (χ0n) is 5.63. The Morgan fingerprint density at radius 3 is 2.40 bits per heavy atom. The molecule has 0 aromatic rings. The Bertz CT molecular complexity index is 152. The second kappa shape index (κ2) is 6.12. The Morgan fingerprint density at radius 1 is 1.30 bits per heavy atom. The van der Waals surface area contributed by atoms with E-state index in [0.717, 1.165) is 0 Å². The van der Waals surface area contributed by atoms with Gasteiger partial charge >= 0.3 is 5.97 Å². The molecule has 0 fully saturated rings. The lowest BCUT2D eigenvalue weighted by atomic mass is 10.3. The van der Waals surface area contributed by atoms with Crippen LogP contribution in [0.1, 0.15) is 19.3 Å². The number of carboxylic acid groups (broad SMARTS) is 1. The van der Waals surface area contributed by atoms with Gasteiger partial charge in [-0.25, -0.2) is 0 Å². The van der Waals surface area contributed by atoms with Crippen molar-refractivity contribution in [2.24, 2.45) is 0 Å². The fraction of sp³-hybridized carbons (Fsp3) is 0.571. The van der Waals surface area contributed by atoms with Crippen LogP contribution >= 0.6 is 0 Å². The van der Waals surface area contributed by atoms with Gasteiger partial charge in [0.2, 0.25) is 0 Å². The molecular formula is C7H10O3. The number of aliphatic hydroxyl groups is 1. The maximum absolute atomic E-state index is 9.91. The standard InChI is InChI=1S/C7H10O3/c8-6-4-2-1-3-5-7(9)10/h8H,3-6H2,(H,9,10). The summed E-state index contributed by atoms with van der Waals surface area (Å²) in [5.41, 5.74) is 0. The summed E-state index contributed by atoms with van der Waals surface area (Å²) in [5.74, 6) is 4.42. The summed E-state index contributed by atoms with van der Waals surface area (Å²) in [6.07, 6.45) is 0.882. The number of aliphatic carboxylic acids is 1. The van der Waals surface area contributed by atoms with Crippen LogP contribution in [-0.2, 0) is 4.79 Å². The fourth-order valence-corrected chi connectivity index (χ4v) is 0.402. The number of carboxylic acids is 1. The lowest BCUT2D eigenvalue weighted by molar-refractivity contribution is -0.136. The third-order valence-electron chi connectivity index (χ3n) is 0.826. The summed E-state index contributed by atoms with van der Waals surface area (Å²) in [4.78, 5) is 9.91. The minimum atomic E-state index is -0.835. The van der Waals surface area contributed by atoms with Crippen LogP contribution in [-0.4, -0.2) is 22.8 Å². The maximum Gasteiger partial charge on any atom is 0.304 e. The average molecular weight is 142 g/mol. The van der Waals surface area contributed by atoms with Gasteiger partial charge in [-0.05, 0) is 0 Å². The molecule has 3 nitrogen and oxygen atoms in total. The molecule has 56 valence electrons. The van der Waals surface area contributed by atoms with E-state index in [9.17, 15) is 4.79 Å². The molecule has 10 heavy (non-hydrogen) atoms. The summed E-state index contributed by atoms with van der Waals surface area (Å²) in [6, 6.07) is 0. The van der Waals surface area contributed by atoms with E-state index in [2.05, 4.69) is 11.8 Å². The lowest BCUT2D eigenvalue weighted by Crippen LogP contribution is -1.91. The highest BCUT2D eigenvalue weighted by Gasteiger charge is 1.90. The first-order chi connectivity index (χ1) is 4.77. The number of hydrogen-bond acceptors (Lipinski definition) is 2. The Kier molecular flexibility index (Phi) is 5.50. The van der Waals surface area contributed by atoms with Crippen LogP contribution in [0.3, 0.4) is 0 Å². The van der Waals surface area contributed by atoms with E-state index < -0.39 is 5.97 Å². The van der Waals surface area contributed by atoms with Crippen molar-refractivity contribution in [1.82, 2.24) is 0 Å². The zero-order chi connectivity index (χ0) is 7.82. The fourth-order valence-electron chi connectivity index (χ4n) is 0.402. The monoisotopic (exact) mass is 142 g/mol. The van der Waals surface area contributed by atoms with Gasteiger partial charge in [-0.3, -0.25) is 4.79 Å². The largest absolute Gasteiger partial charge is 0.481 e. The third-order valence-corrected chi connectivity index (χ3v) is 0.826. The summed E-state index contributed by atoms with van der Waals surface area (Å²) in [7, 11) is 0. The second-order valence-electron chi connectivity index (χ2n) is 1.72. The van der Waals surface area contributed by atoms with E-state index in [1.54, 1.807) is 0 Å². The van der Waals surface area contributed by atoms with Crippen molar-refractivity contribution in [2.75, 3.05) is 6.61 Å². The SMILES string of the molecule is O=C(O)CCC#CCCO. The van der Waals surface area contributed by atoms with Gasteiger partial charge in [0.15, 0.2) is 0 Å². The topological polar surface area (TPSA) is 57.5 Å². The van der Waals surface area contributed by atoms with E-state index in [0.29, 0.717) is 12.8 Å². The molecule has 3 heteroatoms. The number of aliphatic hydroxyl groups excluding tert-OH is 1. The Hall–Kier alpha value is -1.01. The first-order valence-electron chi connectivity index (χ1n) is 3.05. The molecule has 0 aliphatic carbocycles. The molecular weight excluding hydrogens is 132 g/mol. The first kappa shape index (κ1) is 8.99. The van der Waals surface area contributed by atoms with Crippen LogP contribution in [0.25, 0.3) is 0 Å². The van der Waals surface area contributed by atoms with Gasteiger partial charge in [-0.15, -0.1) is 11.8 Å². The van der Waals surface area contributed by atoms with Gasteiger partial charge in [0.1, 0.15) is 0 Å².